The van der Waals surface area contributed by atoms with Crippen LogP contribution in [0.25, 0.3) is 0 Å². The SMILES string of the molecule is CC(C)[N+]1(CCCN)CCOCC1. The molecule has 2 N–H and O–H groups in total. The minimum atomic E-state index is 0.704. The first-order chi connectivity index (χ1) is 6.21. The first kappa shape index (κ1) is 11.0. The topological polar surface area (TPSA) is 35.2 Å². The van der Waals surface area contributed by atoms with Crippen LogP contribution in [0.3, 0.4) is 0 Å². The monoisotopic (exact) mass is 187 g/mol. The Morgan fingerprint density at radius 1 is 1.31 bits per heavy atom. The van der Waals surface area contributed by atoms with E-state index in [1.165, 1.54) is 11.0 Å². The van der Waals surface area contributed by atoms with E-state index in [2.05, 4.69) is 13.8 Å². The summed E-state index contributed by atoms with van der Waals surface area (Å²) in [5.74, 6) is 0. The number of morpholine rings is 1. The van der Waals surface area contributed by atoms with Crippen LogP contribution < -0.4 is 5.73 Å². The van der Waals surface area contributed by atoms with E-state index in [9.17, 15) is 0 Å². The lowest BCUT2D eigenvalue weighted by molar-refractivity contribution is -0.954. The molecule has 0 aromatic heterocycles. The molecule has 0 aromatic carbocycles. The maximum atomic E-state index is 5.56. The lowest BCUT2D eigenvalue weighted by Crippen LogP contribution is -2.59. The van der Waals surface area contributed by atoms with Gasteiger partial charge in [-0.2, -0.15) is 0 Å². The van der Waals surface area contributed by atoms with Gasteiger partial charge in [-0.25, -0.2) is 0 Å². The van der Waals surface area contributed by atoms with Crippen LogP contribution in [0.4, 0.5) is 0 Å². The summed E-state index contributed by atoms with van der Waals surface area (Å²) in [4.78, 5) is 0. The lowest BCUT2D eigenvalue weighted by Gasteiger charge is -2.44. The molecule has 0 aliphatic carbocycles. The molecule has 1 aliphatic rings. The fourth-order valence-corrected chi connectivity index (χ4v) is 2.11. The molecule has 78 valence electrons. The second-order valence-corrected chi connectivity index (χ2v) is 4.24. The number of nitrogens with two attached hydrogens (primary N) is 1. The van der Waals surface area contributed by atoms with Gasteiger partial charge < -0.3 is 15.0 Å². The Bertz CT molecular complexity index is 142. The summed E-state index contributed by atoms with van der Waals surface area (Å²) in [5.41, 5.74) is 5.56. The average molecular weight is 187 g/mol. The second kappa shape index (κ2) is 4.94. The van der Waals surface area contributed by atoms with Crippen molar-refractivity contribution in [2.75, 3.05) is 39.4 Å². The van der Waals surface area contributed by atoms with Crippen LogP contribution >= 0.6 is 0 Å². The van der Waals surface area contributed by atoms with Crippen LogP contribution in [0, 0.1) is 0 Å². The van der Waals surface area contributed by atoms with E-state index in [4.69, 9.17) is 10.5 Å². The maximum Gasteiger partial charge on any atom is 0.103 e. The summed E-state index contributed by atoms with van der Waals surface area (Å²) in [5, 5.41) is 0. The van der Waals surface area contributed by atoms with Crippen molar-refractivity contribution in [3.05, 3.63) is 0 Å². The van der Waals surface area contributed by atoms with Crippen molar-refractivity contribution in [2.24, 2.45) is 5.73 Å². The molecule has 3 nitrogen and oxygen atoms in total. The molecular weight excluding hydrogens is 164 g/mol. The van der Waals surface area contributed by atoms with Crippen LogP contribution in [-0.4, -0.2) is 49.9 Å². The highest BCUT2D eigenvalue weighted by Crippen LogP contribution is 2.17. The number of ether oxygens (including phenoxy) is 1. The van der Waals surface area contributed by atoms with Crippen molar-refractivity contribution in [1.82, 2.24) is 0 Å². The van der Waals surface area contributed by atoms with Gasteiger partial charge in [0, 0.05) is 6.42 Å². The third kappa shape index (κ3) is 2.66. The number of hydrogen-bond donors (Lipinski definition) is 1. The molecule has 1 saturated heterocycles. The summed E-state index contributed by atoms with van der Waals surface area (Å²) in [6, 6.07) is 0.704. The minimum absolute atomic E-state index is 0.704. The molecule has 0 unspecified atom stereocenters. The van der Waals surface area contributed by atoms with Gasteiger partial charge in [0.05, 0.1) is 25.8 Å². The Kier molecular flexibility index (Phi) is 4.16. The van der Waals surface area contributed by atoms with Crippen molar-refractivity contribution in [3.8, 4) is 0 Å². The molecule has 0 amide bonds. The number of rotatable bonds is 4. The molecule has 1 aliphatic heterocycles. The van der Waals surface area contributed by atoms with Crippen molar-refractivity contribution in [3.63, 3.8) is 0 Å². The Morgan fingerprint density at radius 3 is 2.38 bits per heavy atom. The van der Waals surface area contributed by atoms with E-state index in [1.807, 2.05) is 0 Å². The first-order valence-corrected chi connectivity index (χ1v) is 5.35. The highest BCUT2D eigenvalue weighted by molar-refractivity contribution is 4.55. The van der Waals surface area contributed by atoms with Crippen molar-refractivity contribution < 1.29 is 9.22 Å². The fourth-order valence-electron chi connectivity index (χ4n) is 2.11. The molecule has 0 radical (unpaired) electrons. The van der Waals surface area contributed by atoms with Gasteiger partial charge >= 0.3 is 0 Å². The standard InChI is InChI=1S/C10H23N2O/c1-10(2)12(5-3-4-11)6-8-13-9-7-12/h10H,3-9,11H2,1-2H3/q+1. The van der Waals surface area contributed by atoms with Crippen molar-refractivity contribution >= 4 is 0 Å². The average Bonchev–Trinajstić information content (AvgIpc) is 2.16. The van der Waals surface area contributed by atoms with Gasteiger partial charge in [0.25, 0.3) is 0 Å². The predicted octanol–water partition coefficient (Wildman–Crippen LogP) is 0.591. The van der Waals surface area contributed by atoms with Crippen molar-refractivity contribution in [1.29, 1.82) is 0 Å². The number of nitrogens with zero attached hydrogens (tertiary/aromatic N) is 1. The normalized spacial score (nSPS) is 22.2. The molecule has 1 fully saturated rings. The number of quaternary nitrogens is 1. The van der Waals surface area contributed by atoms with Crippen LogP contribution in [0.15, 0.2) is 0 Å². The first-order valence-electron chi connectivity index (χ1n) is 5.35. The zero-order valence-corrected chi connectivity index (χ0v) is 8.96. The predicted molar refractivity (Wildman–Crippen MR) is 54.5 cm³/mol. The molecule has 0 saturated carbocycles. The summed E-state index contributed by atoms with van der Waals surface area (Å²) in [6.07, 6.45) is 1.14. The van der Waals surface area contributed by atoms with Gasteiger partial charge in [0.2, 0.25) is 0 Å². The third-order valence-corrected chi connectivity index (χ3v) is 3.26. The zero-order chi connectivity index (χ0) is 9.73. The summed E-state index contributed by atoms with van der Waals surface area (Å²) in [6.45, 7) is 10.8. The van der Waals surface area contributed by atoms with Gasteiger partial charge in [-0.15, -0.1) is 0 Å². The third-order valence-electron chi connectivity index (χ3n) is 3.26. The van der Waals surface area contributed by atoms with E-state index in [0.717, 1.165) is 39.3 Å². The second-order valence-electron chi connectivity index (χ2n) is 4.24. The highest BCUT2D eigenvalue weighted by Gasteiger charge is 2.32. The molecule has 13 heavy (non-hydrogen) atoms. The maximum absolute atomic E-state index is 5.56. The largest absolute Gasteiger partial charge is 0.370 e. The molecule has 0 aromatic rings. The van der Waals surface area contributed by atoms with E-state index >= 15 is 0 Å². The van der Waals surface area contributed by atoms with E-state index in [-0.39, 0.29) is 0 Å². The van der Waals surface area contributed by atoms with E-state index in [0.29, 0.717) is 6.04 Å². The van der Waals surface area contributed by atoms with Gasteiger partial charge in [-0.05, 0) is 20.4 Å². The summed E-state index contributed by atoms with van der Waals surface area (Å²) < 4.78 is 6.61. The Labute approximate surface area is 81.4 Å². The molecular formula is C10H23N2O+. The van der Waals surface area contributed by atoms with E-state index in [1.54, 1.807) is 0 Å². The smallest absolute Gasteiger partial charge is 0.103 e. The van der Waals surface area contributed by atoms with E-state index < -0.39 is 0 Å². The summed E-state index contributed by atoms with van der Waals surface area (Å²) in [7, 11) is 0. The molecule has 0 spiro atoms. The van der Waals surface area contributed by atoms with Crippen LogP contribution in [0.1, 0.15) is 20.3 Å². The Hall–Kier alpha value is -0.120. The van der Waals surface area contributed by atoms with Crippen molar-refractivity contribution in [2.45, 2.75) is 26.3 Å². The van der Waals surface area contributed by atoms with Gasteiger partial charge in [0.1, 0.15) is 13.1 Å². The quantitative estimate of drug-likeness (QED) is 0.654. The fraction of sp³-hybridized carbons (Fsp3) is 1.00. The lowest BCUT2D eigenvalue weighted by atomic mass is 10.1. The molecule has 1 rings (SSSR count). The molecule has 3 heteroatoms. The molecule has 1 heterocycles. The van der Waals surface area contributed by atoms with Crippen LogP contribution in [-0.2, 0) is 4.74 Å². The Morgan fingerprint density at radius 2 is 1.92 bits per heavy atom. The molecule has 0 atom stereocenters. The van der Waals surface area contributed by atoms with Crippen LogP contribution in [0.2, 0.25) is 0 Å². The van der Waals surface area contributed by atoms with Gasteiger partial charge in [-0.3, -0.25) is 0 Å². The zero-order valence-electron chi connectivity index (χ0n) is 8.96. The minimum Gasteiger partial charge on any atom is -0.370 e. The van der Waals surface area contributed by atoms with Gasteiger partial charge in [0.15, 0.2) is 0 Å². The number of hydrogen-bond acceptors (Lipinski definition) is 2. The van der Waals surface area contributed by atoms with Crippen LogP contribution in [0.5, 0.6) is 0 Å². The Balaban J connectivity index is 2.51. The molecule has 0 bridgehead atoms. The highest BCUT2D eigenvalue weighted by atomic mass is 16.5. The summed E-state index contributed by atoms with van der Waals surface area (Å²) >= 11 is 0. The van der Waals surface area contributed by atoms with Gasteiger partial charge in [-0.1, -0.05) is 0 Å².